The maximum atomic E-state index is 5.91. The van der Waals surface area contributed by atoms with E-state index in [0.717, 1.165) is 23.0 Å². The molecule has 0 bridgehead atoms. The molecule has 72 valence electrons. The van der Waals surface area contributed by atoms with Gasteiger partial charge in [0.1, 0.15) is 5.00 Å². The van der Waals surface area contributed by atoms with Gasteiger partial charge in [0.25, 0.3) is 0 Å². The molecule has 0 unspecified atom stereocenters. The third-order valence-corrected chi connectivity index (χ3v) is 3.36. The van der Waals surface area contributed by atoms with Crippen LogP contribution in [0.1, 0.15) is 43.3 Å². The zero-order chi connectivity index (χ0) is 9.42. The van der Waals surface area contributed by atoms with Gasteiger partial charge in [-0.3, -0.25) is 0 Å². The van der Waals surface area contributed by atoms with Crippen LogP contribution in [0.25, 0.3) is 0 Å². The highest BCUT2D eigenvalue weighted by Crippen LogP contribution is 2.43. The smallest absolute Gasteiger partial charge is 0.109 e. The van der Waals surface area contributed by atoms with Crippen molar-refractivity contribution in [3.05, 3.63) is 10.7 Å². The standard InChI is InChI=1S/C10H16N2S/c1-6(2)5-8-9(11)13-10(12-8)7-3-4-7/h6-7H,3-5,11H2,1-2H3. The number of nitrogen functional groups attached to an aromatic ring is 1. The molecule has 2 rings (SSSR count). The van der Waals surface area contributed by atoms with E-state index in [0.29, 0.717) is 5.92 Å². The van der Waals surface area contributed by atoms with E-state index in [4.69, 9.17) is 5.73 Å². The van der Waals surface area contributed by atoms with Gasteiger partial charge < -0.3 is 5.73 Å². The van der Waals surface area contributed by atoms with Gasteiger partial charge in [-0.2, -0.15) is 0 Å². The molecule has 0 radical (unpaired) electrons. The van der Waals surface area contributed by atoms with E-state index in [9.17, 15) is 0 Å². The molecule has 2 nitrogen and oxygen atoms in total. The summed E-state index contributed by atoms with van der Waals surface area (Å²) in [6.07, 6.45) is 3.65. The van der Waals surface area contributed by atoms with Crippen molar-refractivity contribution in [3.63, 3.8) is 0 Å². The van der Waals surface area contributed by atoms with Crippen LogP contribution in [0.4, 0.5) is 5.00 Å². The van der Waals surface area contributed by atoms with Crippen molar-refractivity contribution in [1.82, 2.24) is 4.98 Å². The Kier molecular flexibility index (Phi) is 2.28. The zero-order valence-electron chi connectivity index (χ0n) is 8.21. The number of anilines is 1. The molecular formula is C10H16N2S. The van der Waals surface area contributed by atoms with E-state index in [1.807, 2.05) is 0 Å². The quantitative estimate of drug-likeness (QED) is 0.807. The van der Waals surface area contributed by atoms with Crippen molar-refractivity contribution in [2.45, 2.75) is 39.0 Å². The summed E-state index contributed by atoms with van der Waals surface area (Å²) in [5, 5.41) is 2.21. The Morgan fingerprint density at radius 2 is 2.23 bits per heavy atom. The molecule has 0 aliphatic heterocycles. The van der Waals surface area contributed by atoms with E-state index >= 15 is 0 Å². The fraction of sp³-hybridized carbons (Fsp3) is 0.700. The van der Waals surface area contributed by atoms with Crippen LogP contribution in [0, 0.1) is 5.92 Å². The Morgan fingerprint density at radius 1 is 1.54 bits per heavy atom. The Labute approximate surface area is 83.2 Å². The molecule has 1 fully saturated rings. The molecule has 0 amide bonds. The van der Waals surface area contributed by atoms with E-state index in [2.05, 4.69) is 18.8 Å². The minimum atomic E-state index is 0.649. The van der Waals surface area contributed by atoms with Crippen LogP contribution in [-0.2, 0) is 6.42 Å². The summed E-state index contributed by atoms with van der Waals surface area (Å²) < 4.78 is 0. The second-order valence-corrected chi connectivity index (χ2v) is 5.30. The summed E-state index contributed by atoms with van der Waals surface area (Å²) in [6, 6.07) is 0. The molecule has 1 aromatic rings. The first-order chi connectivity index (χ1) is 6.16. The molecule has 1 aromatic heterocycles. The highest BCUT2D eigenvalue weighted by Gasteiger charge is 2.27. The van der Waals surface area contributed by atoms with E-state index in [1.165, 1.54) is 17.8 Å². The van der Waals surface area contributed by atoms with Crippen LogP contribution in [0.2, 0.25) is 0 Å². The van der Waals surface area contributed by atoms with Crippen LogP contribution < -0.4 is 5.73 Å². The molecular weight excluding hydrogens is 180 g/mol. The van der Waals surface area contributed by atoms with Gasteiger partial charge in [0.05, 0.1) is 10.7 Å². The van der Waals surface area contributed by atoms with Gasteiger partial charge >= 0.3 is 0 Å². The lowest BCUT2D eigenvalue weighted by molar-refractivity contribution is 0.637. The van der Waals surface area contributed by atoms with E-state index < -0.39 is 0 Å². The highest BCUT2D eigenvalue weighted by molar-refractivity contribution is 7.15. The van der Waals surface area contributed by atoms with Gasteiger partial charge in [-0.05, 0) is 25.2 Å². The Hall–Kier alpha value is -0.570. The summed E-state index contributed by atoms with van der Waals surface area (Å²) in [6.45, 7) is 4.41. The van der Waals surface area contributed by atoms with Crippen LogP contribution in [0.15, 0.2) is 0 Å². The van der Waals surface area contributed by atoms with Gasteiger partial charge in [-0.15, -0.1) is 11.3 Å². The summed E-state index contributed by atoms with van der Waals surface area (Å²) in [7, 11) is 0. The predicted octanol–water partition coefficient (Wildman–Crippen LogP) is 2.80. The Morgan fingerprint density at radius 3 is 2.77 bits per heavy atom. The molecule has 0 aromatic carbocycles. The largest absolute Gasteiger partial charge is 0.389 e. The van der Waals surface area contributed by atoms with Crippen molar-refractivity contribution in [2.24, 2.45) is 5.92 Å². The first kappa shape index (κ1) is 9.00. The van der Waals surface area contributed by atoms with Gasteiger partial charge in [0.15, 0.2) is 0 Å². The average Bonchev–Trinajstić information content (AvgIpc) is 2.79. The Balaban J connectivity index is 2.15. The van der Waals surface area contributed by atoms with Crippen LogP contribution >= 0.6 is 11.3 Å². The Bertz CT molecular complexity index is 300. The summed E-state index contributed by atoms with van der Waals surface area (Å²) >= 11 is 1.69. The molecule has 13 heavy (non-hydrogen) atoms. The van der Waals surface area contributed by atoms with E-state index in [-0.39, 0.29) is 0 Å². The second-order valence-electron chi connectivity index (χ2n) is 4.24. The topological polar surface area (TPSA) is 38.9 Å². The van der Waals surface area contributed by atoms with Crippen LogP contribution in [0.5, 0.6) is 0 Å². The number of nitrogens with zero attached hydrogens (tertiary/aromatic N) is 1. The van der Waals surface area contributed by atoms with Crippen molar-refractivity contribution >= 4 is 16.3 Å². The second kappa shape index (κ2) is 3.29. The summed E-state index contributed by atoms with van der Waals surface area (Å²) in [5.41, 5.74) is 7.04. The van der Waals surface area contributed by atoms with Crippen LogP contribution in [0.3, 0.4) is 0 Å². The lowest BCUT2D eigenvalue weighted by Gasteiger charge is -2.00. The fourth-order valence-electron chi connectivity index (χ4n) is 1.42. The SMILES string of the molecule is CC(C)Cc1nc(C2CC2)sc1N. The van der Waals surface area contributed by atoms with Crippen molar-refractivity contribution < 1.29 is 0 Å². The molecule has 0 atom stereocenters. The third kappa shape index (κ3) is 2.02. The third-order valence-electron chi connectivity index (χ3n) is 2.27. The normalized spacial score (nSPS) is 16.8. The summed E-state index contributed by atoms with van der Waals surface area (Å²) in [5.74, 6) is 1.39. The minimum Gasteiger partial charge on any atom is -0.389 e. The number of nitrogens with two attached hydrogens (primary N) is 1. The molecule has 1 aliphatic carbocycles. The lowest BCUT2D eigenvalue weighted by atomic mass is 10.1. The number of thiazole rings is 1. The number of hydrogen-bond acceptors (Lipinski definition) is 3. The molecule has 3 heteroatoms. The maximum absolute atomic E-state index is 5.91. The summed E-state index contributed by atoms with van der Waals surface area (Å²) in [4.78, 5) is 4.61. The van der Waals surface area contributed by atoms with Gasteiger partial charge in [-0.1, -0.05) is 13.8 Å². The molecule has 1 aliphatic rings. The average molecular weight is 196 g/mol. The zero-order valence-corrected chi connectivity index (χ0v) is 9.03. The minimum absolute atomic E-state index is 0.649. The van der Waals surface area contributed by atoms with Gasteiger partial charge in [-0.25, -0.2) is 4.98 Å². The maximum Gasteiger partial charge on any atom is 0.109 e. The van der Waals surface area contributed by atoms with E-state index in [1.54, 1.807) is 11.3 Å². The van der Waals surface area contributed by atoms with Gasteiger partial charge in [0, 0.05) is 5.92 Å². The first-order valence-electron chi connectivity index (χ1n) is 4.92. The highest BCUT2D eigenvalue weighted by atomic mass is 32.1. The lowest BCUT2D eigenvalue weighted by Crippen LogP contribution is -1.97. The predicted molar refractivity (Wildman–Crippen MR) is 57.0 cm³/mol. The molecule has 0 saturated heterocycles. The van der Waals surface area contributed by atoms with Crippen LogP contribution in [-0.4, -0.2) is 4.98 Å². The molecule has 1 saturated carbocycles. The number of hydrogen-bond donors (Lipinski definition) is 1. The van der Waals surface area contributed by atoms with Crippen molar-refractivity contribution in [3.8, 4) is 0 Å². The number of rotatable bonds is 3. The first-order valence-corrected chi connectivity index (χ1v) is 5.73. The van der Waals surface area contributed by atoms with Crippen molar-refractivity contribution in [1.29, 1.82) is 0 Å². The monoisotopic (exact) mass is 196 g/mol. The molecule has 0 spiro atoms. The number of aromatic nitrogens is 1. The fourth-order valence-corrected chi connectivity index (χ4v) is 2.45. The molecule has 2 N–H and O–H groups in total. The van der Waals surface area contributed by atoms with Gasteiger partial charge in [0.2, 0.25) is 0 Å². The molecule has 1 heterocycles. The van der Waals surface area contributed by atoms with Crippen molar-refractivity contribution in [2.75, 3.05) is 5.73 Å².